The van der Waals surface area contributed by atoms with Crippen LogP contribution in [0.25, 0.3) is 0 Å². The van der Waals surface area contributed by atoms with Gasteiger partial charge < -0.3 is 10.5 Å². The quantitative estimate of drug-likeness (QED) is 0.579. The standard InChI is InChI=1S/C18H30ClNO/c1-4-6-7-8-11-14(3)21-18(17(20)5-2)15-12-9-10-13-16(15)19/h9-10,12-14,17-18H,4-8,11,20H2,1-3H3. The van der Waals surface area contributed by atoms with E-state index < -0.39 is 0 Å². The maximum absolute atomic E-state index is 6.31. The number of hydrogen-bond acceptors (Lipinski definition) is 2. The number of halogens is 1. The van der Waals surface area contributed by atoms with E-state index in [2.05, 4.69) is 20.8 Å². The lowest BCUT2D eigenvalue weighted by Gasteiger charge is -2.28. The van der Waals surface area contributed by atoms with Crippen LogP contribution in [0, 0.1) is 0 Å². The largest absolute Gasteiger partial charge is 0.369 e. The monoisotopic (exact) mass is 311 g/mol. The zero-order valence-electron chi connectivity index (χ0n) is 13.6. The minimum absolute atomic E-state index is 0.0250. The van der Waals surface area contributed by atoms with Crippen LogP contribution in [0.15, 0.2) is 24.3 Å². The third-order valence-corrected chi connectivity index (χ3v) is 4.26. The highest BCUT2D eigenvalue weighted by Gasteiger charge is 2.23. The zero-order valence-corrected chi connectivity index (χ0v) is 14.4. The van der Waals surface area contributed by atoms with Crippen molar-refractivity contribution in [3.8, 4) is 0 Å². The summed E-state index contributed by atoms with van der Waals surface area (Å²) in [6, 6.07) is 7.83. The molecule has 0 fully saturated rings. The van der Waals surface area contributed by atoms with Gasteiger partial charge in [-0.2, -0.15) is 0 Å². The molecule has 0 aliphatic heterocycles. The van der Waals surface area contributed by atoms with Gasteiger partial charge in [0.15, 0.2) is 0 Å². The van der Waals surface area contributed by atoms with Crippen LogP contribution < -0.4 is 5.73 Å². The van der Waals surface area contributed by atoms with E-state index in [0.717, 1.165) is 23.4 Å². The van der Waals surface area contributed by atoms with Crippen LogP contribution in [0.4, 0.5) is 0 Å². The molecule has 3 heteroatoms. The normalized spacial score (nSPS) is 15.7. The van der Waals surface area contributed by atoms with Gasteiger partial charge >= 0.3 is 0 Å². The summed E-state index contributed by atoms with van der Waals surface area (Å²) >= 11 is 6.31. The van der Waals surface area contributed by atoms with Crippen LogP contribution in [0.2, 0.25) is 5.02 Å². The zero-order chi connectivity index (χ0) is 15.7. The van der Waals surface area contributed by atoms with Gasteiger partial charge in [-0.15, -0.1) is 0 Å². The van der Waals surface area contributed by atoms with Gasteiger partial charge in [-0.3, -0.25) is 0 Å². The first-order chi connectivity index (χ1) is 10.1. The highest BCUT2D eigenvalue weighted by molar-refractivity contribution is 6.31. The highest BCUT2D eigenvalue weighted by atomic mass is 35.5. The van der Waals surface area contributed by atoms with E-state index in [1.807, 2.05) is 24.3 Å². The van der Waals surface area contributed by atoms with Gasteiger partial charge in [0.1, 0.15) is 0 Å². The molecule has 0 aromatic heterocycles. The van der Waals surface area contributed by atoms with Gasteiger partial charge in [0.25, 0.3) is 0 Å². The molecule has 0 aliphatic carbocycles. The Morgan fingerprint density at radius 1 is 1.14 bits per heavy atom. The second kappa shape index (κ2) is 10.2. The predicted molar refractivity (Wildman–Crippen MR) is 91.8 cm³/mol. The van der Waals surface area contributed by atoms with Gasteiger partial charge in [-0.25, -0.2) is 0 Å². The average molecular weight is 312 g/mol. The summed E-state index contributed by atoms with van der Waals surface area (Å²) in [4.78, 5) is 0. The van der Waals surface area contributed by atoms with Crippen molar-refractivity contribution in [3.05, 3.63) is 34.9 Å². The molecule has 2 N–H and O–H groups in total. The van der Waals surface area contributed by atoms with E-state index in [0.29, 0.717) is 0 Å². The van der Waals surface area contributed by atoms with Crippen LogP contribution in [0.1, 0.15) is 71.0 Å². The summed E-state index contributed by atoms with van der Waals surface area (Å²) in [7, 11) is 0. The predicted octanol–water partition coefficient (Wildman–Crippen LogP) is 5.49. The van der Waals surface area contributed by atoms with Crippen molar-refractivity contribution in [2.45, 2.75) is 77.5 Å². The second-order valence-corrected chi connectivity index (χ2v) is 6.22. The molecule has 0 saturated carbocycles. The van der Waals surface area contributed by atoms with E-state index in [1.165, 1.54) is 25.7 Å². The Labute approximate surface area is 135 Å². The molecule has 120 valence electrons. The van der Waals surface area contributed by atoms with Crippen molar-refractivity contribution in [3.63, 3.8) is 0 Å². The summed E-state index contributed by atoms with van der Waals surface area (Å²) in [6.45, 7) is 6.45. The third kappa shape index (κ3) is 6.37. The third-order valence-electron chi connectivity index (χ3n) is 3.92. The molecule has 0 aliphatic rings. The molecule has 0 spiro atoms. The number of benzene rings is 1. The van der Waals surface area contributed by atoms with Crippen LogP contribution in [-0.2, 0) is 4.74 Å². The Kier molecular flexibility index (Phi) is 8.98. The minimum atomic E-state index is -0.120. The summed E-state index contributed by atoms with van der Waals surface area (Å²) < 4.78 is 6.24. The molecule has 0 radical (unpaired) electrons. The van der Waals surface area contributed by atoms with E-state index in [1.54, 1.807) is 0 Å². The molecule has 1 rings (SSSR count). The van der Waals surface area contributed by atoms with E-state index in [4.69, 9.17) is 22.1 Å². The first kappa shape index (κ1) is 18.5. The van der Waals surface area contributed by atoms with Crippen LogP contribution >= 0.6 is 11.6 Å². The molecule has 0 saturated heterocycles. The molecule has 3 unspecified atom stereocenters. The Morgan fingerprint density at radius 3 is 2.48 bits per heavy atom. The molecule has 0 heterocycles. The summed E-state index contributed by atoms with van der Waals surface area (Å²) in [5.41, 5.74) is 7.27. The topological polar surface area (TPSA) is 35.2 Å². The van der Waals surface area contributed by atoms with Crippen molar-refractivity contribution >= 4 is 11.6 Å². The summed E-state index contributed by atoms with van der Waals surface area (Å²) in [5.74, 6) is 0. The van der Waals surface area contributed by atoms with Crippen molar-refractivity contribution in [2.24, 2.45) is 5.73 Å². The molecular formula is C18H30ClNO. The van der Waals surface area contributed by atoms with Gasteiger partial charge in [-0.1, -0.05) is 69.3 Å². The van der Waals surface area contributed by atoms with Crippen LogP contribution in [0.5, 0.6) is 0 Å². The number of nitrogens with two attached hydrogens (primary N) is 1. The van der Waals surface area contributed by atoms with Crippen LogP contribution in [0.3, 0.4) is 0 Å². The molecule has 21 heavy (non-hydrogen) atoms. The van der Waals surface area contributed by atoms with E-state index in [9.17, 15) is 0 Å². The fourth-order valence-corrected chi connectivity index (χ4v) is 2.74. The Hall–Kier alpha value is -0.570. The van der Waals surface area contributed by atoms with E-state index in [-0.39, 0.29) is 18.2 Å². The number of unbranched alkanes of at least 4 members (excludes halogenated alkanes) is 3. The second-order valence-electron chi connectivity index (χ2n) is 5.81. The Bertz CT molecular complexity index is 397. The van der Waals surface area contributed by atoms with Gasteiger partial charge in [0.05, 0.1) is 12.2 Å². The van der Waals surface area contributed by atoms with Crippen molar-refractivity contribution < 1.29 is 4.74 Å². The van der Waals surface area contributed by atoms with Gasteiger partial charge in [0.2, 0.25) is 0 Å². The smallest absolute Gasteiger partial charge is 0.0993 e. The summed E-state index contributed by atoms with van der Waals surface area (Å²) in [6.07, 6.45) is 7.10. The maximum Gasteiger partial charge on any atom is 0.0993 e. The minimum Gasteiger partial charge on any atom is -0.369 e. The lowest BCUT2D eigenvalue weighted by atomic mass is 10.00. The Balaban J connectivity index is 2.65. The maximum atomic E-state index is 6.31. The number of rotatable bonds is 10. The molecule has 0 amide bonds. The molecule has 0 bridgehead atoms. The first-order valence-corrected chi connectivity index (χ1v) is 8.63. The molecule has 1 aromatic carbocycles. The Morgan fingerprint density at radius 2 is 1.86 bits per heavy atom. The highest BCUT2D eigenvalue weighted by Crippen LogP contribution is 2.30. The van der Waals surface area contributed by atoms with Crippen molar-refractivity contribution in [1.29, 1.82) is 0 Å². The lowest BCUT2D eigenvalue weighted by molar-refractivity contribution is -0.0229. The van der Waals surface area contributed by atoms with Gasteiger partial charge in [0, 0.05) is 16.6 Å². The number of ether oxygens (including phenoxy) is 1. The average Bonchev–Trinajstić information content (AvgIpc) is 2.49. The van der Waals surface area contributed by atoms with E-state index >= 15 is 0 Å². The van der Waals surface area contributed by atoms with Crippen molar-refractivity contribution in [1.82, 2.24) is 0 Å². The molecule has 3 atom stereocenters. The fraction of sp³-hybridized carbons (Fsp3) is 0.667. The summed E-state index contributed by atoms with van der Waals surface area (Å²) in [5, 5.41) is 0.740. The van der Waals surface area contributed by atoms with Crippen LogP contribution in [-0.4, -0.2) is 12.1 Å². The SMILES string of the molecule is CCCCCCC(C)OC(c1ccccc1Cl)C(N)CC. The van der Waals surface area contributed by atoms with Crippen molar-refractivity contribution in [2.75, 3.05) is 0 Å². The first-order valence-electron chi connectivity index (χ1n) is 8.25. The van der Waals surface area contributed by atoms with Gasteiger partial charge in [-0.05, 0) is 25.8 Å². The molecular weight excluding hydrogens is 282 g/mol. The molecule has 1 aromatic rings. The fourth-order valence-electron chi connectivity index (χ4n) is 2.50. The lowest BCUT2D eigenvalue weighted by Crippen LogP contribution is -2.32. The number of hydrogen-bond donors (Lipinski definition) is 1. The molecule has 2 nitrogen and oxygen atoms in total.